The average Bonchev–Trinajstić information content (AvgIpc) is 2.90. The third-order valence-corrected chi connectivity index (χ3v) is 3.90. The molecule has 0 saturated carbocycles. The second-order valence-corrected chi connectivity index (χ2v) is 5.42. The summed E-state index contributed by atoms with van der Waals surface area (Å²) < 4.78 is 2.00. The monoisotopic (exact) mass is 310 g/mol. The lowest BCUT2D eigenvalue weighted by Gasteiger charge is -2.14. The van der Waals surface area contributed by atoms with E-state index in [-0.39, 0.29) is 10.6 Å². The van der Waals surface area contributed by atoms with Crippen molar-refractivity contribution in [3.8, 4) is 16.9 Å². The number of aromatic carboxylic acids is 1. The van der Waals surface area contributed by atoms with Gasteiger partial charge in [-0.05, 0) is 42.8 Å². The first kappa shape index (κ1) is 14.4. The molecule has 0 aliphatic rings. The number of nitrogens with zero attached hydrogens (tertiary/aromatic N) is 1. The van der Waals surface area contributed by atoms with Gasteiger partial charge in [0.1, 0.15) is 0 Å². The van der Waals surface area contributed by atoms with Gasteiger partial charge >= 0.3 is 0 Å². The number of hydrogen-bond donors (Lipinski definition) is 0. The molecule has 0 fully saturated rings. The highest BCUT2D eigenvalue weighted by Gasteiger charge is 2.11. The lowest BCUT2D eigenvalue weighted by atomic mass is 10.1. The van der Waals surface area contributed by atoms with Gasteiger partial charge in [0, 0.05) is 22.0 Å². The summed E-state index contributed by atoms with van der Waals surface area (Å²) in [6, 6.07) is 18.9. The number of carbonyl (C=O) groups is 1. The van der Waals surface area contributed by atoms with Crippen LogP contribution < -0.4 is 5.11 Å². The van der Waals surface area contributed by atoms with Crippen LogP contribution in [-0.4, -0.2) is 10.5 Å². The van der Waals surface area contributed by atoms with Crippen molar-refractivity contribution in [2.75, 3.05) is 0 Å². The minimum Gasteiger partial charge on any atom is -0.545 e. The maximum Gasteiger partial charge on any atom is 0.0731 e. The summed E-state index contributed by atoms with van der Waals surface area (Å²) in [4.78, 5) is 11.2. The van der Waals surface area contributed by atoms with Crippen molar-refractivity contribution < 1.29 is 9.90 Å². The molecule has 0 N–H and O–H groups in total. The summed E-state index contributed by atoms with van der Waals surface area (Å²) in [5.74, 6) is -1.28. The van der Waals surface area contributed by atoms with Crippen molar-refractivity contribution in [1.29, 1.82) is 0 Å². The van der Waals surface area contributed by atoms with Crippen molar-refractivity contribution in [3.63, 3.8) is 0 Å². The number of carboxylic acids is 1. The number of aromatic nitrogens is 1. The summed E-state index contributed by atoms with van der Waals surface area (Å²) >= 11 is 5.92. The SMILES string of the molecule is Cc1ccc(-c2ccccc2)n1-c1ccc(Cl)c(C(=O)[O-])c1. The molecule has 0 atom stereocenters. The van der Waals surface area contributed by atoms with Gasteiger partial charge in [-0.2, -0.15) is 0 Å². The van der Waals surface area contributed by atoms with E-state index in [0.717, 1.165) is 22.6 Å². The highest BCUT2D eigenvalue weighted by molar-refractivity contribution is 6.33. The highest BCUT2D eigenvalue weighted by Crippen LogP contribution is 2.28. The van der Waals surface area contributed by atoms with Crippen LogP contribution in [-0.2, 0) is 0 Å². The van der Waals surface area contributed by atoms with Gasteiger partial charge in [-0.1, -0.05) is 41.9 Å². The number of benzene rings is 2. The molecule has 0 unspecified atom stereocenters. The number of carboxylic acid groups (broad SMARTS) is 1. The third-order valence-electron chi connectivity index (χ3n) is 3.57. The first-order valence-electron chi connectivity index (χ1n) is 6.83. The molecule has 110 valence electrons. The molecule has 1 heterocycles. The van der Waals surface area contributed by atoms with Crippen molar-refractivity contribution >= 4 is 17.6 Å². The molecular formula is C18H13ClNO2-. The highest BCUT2D eigenvalue weighted by atomic mass is 35.5. The number of carbonyl (C=O) groups excluding carboxylic acids is 1. The van der Waals surface area contributed by atoms with Gasteiger partial charge in [0.2, 0.25) is 0 Å². The second kappa shape index (κ2) is 5.70. The van der Waals surface area contributed by atoms with E-state index < -0.39 is 5.97 Å². The van der Waals surface area contributed by atoms with E-state index >= 15 is 0 Å². The topological polar surface area (TPSA) is 45.1 Å². The van der Waals surface area contributed by atoms with Crippen LogP contribution in [0.25, 0.3) is 16.9 Å². The second-order valence-electron chi connectivity index (χ2n) is 5.01. The van der Waals surface area contributed by atoms with E-state index in [1.165, 1.54) is 6.07 Å². The Kier molecular flexibility index (Phi) is 3.73. The normalized spacial score (nSPS) is 10.6. The third kappa shape index (κ3) is 2.51. The maximum atomic E-state index is 11.2. The Balaban J connectivity index is 2.20. The Morgan fingerprint density at radius 2 is 1.77 bits per heavy atom. The Morgan fingerprint density at radius 3 is 2.45 bits per heavy atom. The maximum absolute atomic E-state index is 11.2. The predicted molar refractivity (Wildman–Crippen MR) is 85.3 cm³/mol. The van der Waals surface area contributed by atoms with Gasteiger partial charge in [0.25, 0.3) is 0 Å². The lowest BCUT2D eigenvalue weighted by Crippen LogP contribution is -2.22. The first-order chi connectivity index (χ1) is 10.6. The molecule has 0 radical (unpaired) electrons. The van der Waals surface area contributed by atoms with Gasteiger partial charge in [-0.3, -0.25) is 0 Å². The molecule has 0 aliphatic heterocycles. The molecule has 3 rings (SSSR count). The zero-order valence-electron chi connectivity index (χ0n) is 11.9. The van der Waals surface area contributed by atoms with Gasteiger partial charge in [-0.25, -0.2) is 0 Å². The Labute approximate surface area is 133 Å². The van der Waals surface area contributed by atoms with Crippen molar-refractivity contribution in [1.82, 2.24) is 4.57 Å². The largest absolute Gasteiger partial charge is 0.545 e. The molecule has 1 aromatic heterocycles. The van der Waals surface area contributed by atoms with E-state index in [9.17, 15) is 9.90 Å². The average molecular weight is 311 g/mol. The fourth-order valence-corrected chi connectivity index (χ4v) is 2.72. The van der Waals surface area contributed by atoms with Gasteiger partial charge in [-0.15, -0.1) is 0 Å². The summed E-state index contributed by atoms with van der Waals surface area (Å²) in [7, 11) is 0. The number of hydrogen-bond acceptors (Lipinski definition) is 2. The smallest absolute Gasteiger partial charge is 0.0731 e. The molecule has 4 heteroatoms. The van der Waals surface area contributed by atoms with Crippen LogP contribution in [0.3, 0.4) is 0 Å². The van der Waals surface area contributed by atoms with Gasteiger partial charge in [0.15, 0.2) is 0 Å². The summed E-state index contributed by atoms with van der Waals surface area (Å²) in [5, 5.41) is 11.4. The molecule has 0 aliphatic carbocycles. The molecular weight excluding hydrogens is 298 g/mol. The summed E-state index contributed by atoms with van der Waals surface area (Å²) in [6.45, 7) is 1.97. The first-order valence-corrected chi connectivity index (χ1v) is 7.21. The van der Waals surface area contributed by atoms with Gasteiger partial charge in [0.05, 0.1) is 11.7 Å². The quantitative estimate of drug-likeness (QED) is 0.743. The zero-order valence-corrected chi connectivity index (χ0v) is 12.7. The summed E-state index contributed by atoms with van der Waals surface area (Å²) in [5.41, 5.74) is 3.78. The molecule has 0 spiro atoms. The standard InChI is InChI=1S/C18H14ClNO2/c1-12-7-10-17(13-5-3-2-4-6-13)20(12)14-8-9-16(19)15(11-14)18(21)22/h2-11H,1H3,(H,21,22)/p-1. The fourth-order valence-electron chi connectivity index (χ4n) is 2.52. The zero-order chi connectivity index (χ0) is 15.7. The van der Waals surface area contributed by atoms with Crippen LogP contribution in [0.15, 0.2) is 60.7 Å². The Hall–Kier alpha value is -2.52. The number of halogens is 1. The van der Waals surface area contributed by atoms with Crippen molar-refractivity contribution in [2.24, 2.45) is 0 Å². The van der Waals surface area contributed by atoms with Crippen molar-refractivity contribution in [3.05, 3.63) is 76.9 Å². The van der Waals surface area contributed by atoms with E-state index in [2.05, 4.69) is 0 Å². The Morgan fingerprint density at radius 1 is 1.05 bits per heavy atom. The van der Waals surface area contributed by atoms with Gasteiger partial charge < -0.3 is 14.5 Å². The molecule has 0 saturated heterocycles. The Bertz CT molecular complexity index is 838. The van der Waals surface area contributed by atoms with Crippen LogP contribution in [0, 0.1) is 6.92 Å². The molecule has 3 nitrogen and oxygen atoms in total. The van der Waals surface area contributed by atoms with Crippen LogP contribution >= 0.6 is 11.6 Å². The number of aryl methyl sites for hydroxylation is 1. The van der Waals surface area contributed by atoms with Crippen LogP contribution in [0.4, 0.5) is 0 Å². The summed E-state index contributed by atoms with van der Waals surface area (Å²) in [6.07, 6.45) is 0. The van der Waals surface area contributed by atoms with Crippen LogP contribution in [0.5, 0.6) is 0 Å². The van der Waals surface area contributed by atoms with E-state index in [0.29, 0.717) is 0 Å². The predicted octanol–water partition coefficient (Wildman–Crippen LogP) is 3.47. The fraction of sp³-hybridized carbons (Fsp3) is 0.0556. The van der Waals surface area contributed by atoms with E-state index in [1.54, 1.807) is 12.1 Å². The van der Waals surface area contributed by atoms with Crippen LogP contribution in [0.2, 0.25) is 5.02 Å². The molecule has 2 aromatic carbocycles. The minimum absolute atomic E-state index is 0.00808. The van der Waals surface area contributed by atoms with Crippen LogP contribution in [0.1, 0.15) is 16.1 Å². The molecule has 0 amide bonds. The number of rotatable bonds is 3. The molecule has 0 bridgehead atoms. The molecule has 22 heavy (non-hydrogen) atoms. The van der Waals surface area contributed by atoms with E-state index in [1.807, 2.05) is 54.0 Å². The van der Waals surface area contributed by atoms with Crippen molar-refractivity contribution in [2.45, 2.75) is 6.92 Å². The van der Waals surface area contributed by atoms with E-state index in [4.69, 9.17) is 11.6 Å². The lowest BCUT2D eigenvalue weighted by molar-refractivity contribution is -0.255. The minimum atomic E-state index is -1.28. The molecule has 3 aromatic rings.